The molecular formula is C16H24Cl3NO12P2. The summed E-state index contributed by atoms with van der Waals surface area (Å²) in [6.45, 7) is 2.88. The molecule has 0 unspecified atom stereocenters. The Kier molecular flexibility index (Phi) is 13.5. The molecule has 18 heteroatoms. The number of aliphatic hydroxyl groups is 1. The van der Waals surface area contributed by atoms with Gasteiger partial charge in [-0.3, -0.25) is 36.7 Å². The van der Waals surface area contributed by atoms with Gasteiger partial charge in [0.25, 0.3) is 0 Å². The maximum atomic E-state index is 11.4. The van der Waals surface area contributed by atoms with E-state index in [2.05, 4.69) is 0 Å². The molecule has 0 aliphatic carbocycles. The quantitative estimate of drug-likeness (QED) is 0.214. The molecule has 196 valence electrons. The van der Waals surface area contributed by atoms with Crippen LogP contribution in [0.2, 0.25) is 0 Å². The normalized spacial score (nSPS) is 34.6. The second-order valence-electron chi connectivity index (χ2n) is 7.20. The largest absolute Gasteiger partial charge is 0.474 e. The van der Waals surface area contributed by atoms with Crippen molar-refractivity contribution < 1.29 is 55.7 Å². The van der Waals surface area contributed by atoms with Gasteiger partial charge in [0.2, 0.25) is 5.24 Å². The zero-order valence-corrected chi connectivity index (χ0v) is 22.0. The summed E-state index contributed by atoms with van der Waals surface area (Å²) in [4.78, 5) is 20.3. The molecule has 0 aromatic carbocycles. The van der Waals surface area contributed by atoms with Crippen LogP contribution in [-0.4, -0.2) is 80.9 Å². The van der Waals surface area contributed by atoms with Crippen molar-refractivity contribution in [2.45, 2.75) is 6.92 Å². The number of ether oxygens (including phenoxy) is 1. The summed E-state index contributed by atoms with van der Waals surface area (Å²) < 4.78 is 56.6. The summed E-state index contributed by atoms with van der Waals surface area (Å²) in [5, 5.41) is 15.7. The van der Waals surface area contributed by atoms with E-state index in [1.165, 1.54) is 6.92 Å². The lowest BCUT2D eigenvalue weighted by atomic mass is 9.92. The molecule has 34 heavy (non-hydrogen) atoms. The molecule has 6 heterocycles. The van der Waals surface area contributed by atoms with Crippen molar-refractivity contribution in [3.8, 4) is 6.07 Å². The van der Waals surface area contributed by atoms with Crippen LogP contribution in [0.15, 0.2) is 0 Å². The first-order valence-corrected chi connectivity index (χ1v) is 13.8. The molecule has 0 radical (unpaired) electrons. The molecule has 6 saturated heterocycles. The molecule has 6 rings (SSSR count). The number of hydrogen-bond acceptors (Lipinski definition) is 13. The fourth-order valence-corrected chi connectivity index (χ4v) is 5.42. The van der Waals surface area contributed by atoms with E-state index in [9.17, 15) is 18.7 Å². The highest BCUT2D eigenvalue weighted by molar-refractivity contribution is 7.48. The van der Waals surface area contributed by atoms with Crippen LogP contribution in [0.3, 0.4) is 0 Å². The number of phosphoric ester groups is 2. The molecular weight excluding hydrogens is 566 g/mol. The van der Waals surface area contributed by atoms with Crippen LogP contribution in [0.5, 0.6) is 0 Å². The number of carbonyl (C=O) groups is 2. The van der Waals surface area contributed by atoms with Gasteiger partial charge in [-0.25, -0.2) is 9.13 Å². The van der Waals surface area contributed by atoms with Crippen LogP contribution >= 0.6 is 50.4 Å². The van der Waals surface area contributed by atoms with Gasteiger partial charge in [0.15, 0.2) is 0 Å². The van der Waals surface area contributed by atoms with E-state index < -0.39 is 37.7 Å². The molecule has 13 nitrogen and oxygen atoms in total. The number of phosphoric acid groups is 2. The summed E-state index contributed by atoms with van der Waals surface area (Å²) in [7, 11) is -6.49. The monoisotopic (exact) mass is 589 g/mol. The smallest absolute Gasteiger partial charge is 0.464 e. The summed E-state index contributed by atoms with van der Waals surface area (Å²) in [6.07, 6.45) is 0. The molecule has 0 atom stereocenters. The van der Waals surface area contributed by atoms with Crippen LogP contribution in [-0.2, 0) is 50.6 Å². The molecule has 0 aromatic rings. The number of carbonyl (C=O) groups excluding carboxylic acids is 2. The van der Waals surface area contributed by atoms with Crippen LogP contribution in [0.4, 0.5) is 0 Å². The molecule has 6 aliphatic rings. The number of nitrogens with zero attached hydrogens (tertiary/aromatic N) is 1. The Morgan fingerprint density at radius 2 is 1.24 bits per heavy atom. The fourth-order valence-electron chi connectivity index (χ4n) is 2.30. The molecule has 6 fully saturated rings. The Balaban J connectivity index is 0.000000266. The van der Waals surface area contributed by atoms with Gasteiger partial charge < -0.3 is 9.84 Å². The third-order valence-corrected chi connectivity index (χ3v) is 7.67. The highest BCUT2D eigenvalue weighted by Crippen LogP contribution is 2.60. The minimum absolute atomic E-state index is 0.0625. The fraction of sp³-hybridized carbons (Fsp3) is 0.812. The first kappa shape index (κ1) is 31.7. The van der Waals surface area contributed by atoms with Gasteiger partial charge in [-0.15, -0.1) is 23.2 Å². The van der Waals surface area contributed by atoms with Gasteiger partial charge in [0, 0.05) is 6.92 Å². The van der Waals surface area contributed by atoms with Crippen molar-refractivity contribution in [2.24, 2.45) is 10.8 Å². The first-order valence-electron chi connectivity index (χ1n) is 9.39. The lowest BCUT2D eigenvalue weighted by Crippen LogP contribution is -2.48. The number of halogens is 3. The van der Waals surface area contributed by atoms with Crippen LogP contribution < -0.4 is 0 Å². The third kappa shape index (κ3) is 9.97. The molecule has 0 saturated carbocycles. The number of nitriles is 1. The molecule has 6 aliphatic heterocycles. The Hall–Kier alpha value is -0.320. The number of rotatable bonds is 5. The van der Waals surface area contributed by atoms with E-state index in [0.717, 1.165) is 0 Å². The Morgan fingerprint density at radius 1 is 0.912 bits per heavy atom. The maximum absolute atomic E-state index is 11.4. The zero-order chi connectivity index (χ0) is 25.9. The van der Waals surface area contributed by atoms with Crippen molar-refractivity contribution in [1.29, 1.82) is 5.26 Å². The van der Waals surface area contributed by atoms with Gasteiger partial charge >= 0.3 is 21.6 Å². The Bertz CT molecular complexity index is 776. The molecule has 0 amide bonds. The summed E-state index contributed by atoms with van der Waals surface area (Å²) in [5.74, 6) is -0.802. The number of hydrogen-bond donors (Lipinski definition) is 1. The second kappa shape index (κ2) is 14.4. The zero-order valence-electron chi connectivity index (χ0n) is 18.0. The summed E-state index contributed by atoms with van der Waals surface area (Å²) >= 11 is 14.8. The van der Waals surface area contributed by atoms with Crippen LogP contribution in [0.25, 0.3) is 0 Å². The number of aliphatic hydroxyl groups excluding tert-OH is 1. The standard InChI is InChI=1S/C7H10ClO6P.C5H9O5P.C2H2Cl2O.C2H3N/c8-1-6(9)11-2-7-3-12-15(10,13-4-7)14-5-7;6-1-5-2-8-11(7,9-3-5)10-4-5;3-1-2(4)5;1-2-3/h1-5H2;6H,1-4H2;1H2;1H3. The van der Waals surface area contributed by atoms with E-state index in [1.807, 2.05) is 0 Å². The van der Waals surface area contributed by atoms with Crippen molar-refractivity contribution in [1.82, 2.24) is 0 Å². The van der Waals surface area contributed by atoms with Crippen molar-refractivity contribution in [3.05, 3.63) is 0 Å². The highest BCUT2D eigenvalue weighted by atomic mass is 35.5. The average Bonchev–Trinajstić information content (AvgIpc) is 2.85. The topological polar surface area (TPSA) is 177 Å². The van der Waals surface area contributed by atoms with Crippen molar-refractivity contribution in [2.75, 3.05) is 64.6 Å². The lowest BCUT2D eigenvalue weighted by molar-refractivity contribution is -0.157. The van der Waals surface area contributed by atoms with Gasteiger partial charge in [0.05, 0.1) is 69.0 Å². The third-order valence-electron chi connectivity index (χ3n) is 4.26. The average molecular weight is 591 g/mol. The minimum atomic E-state index is -3.29. The summed E-state index contributed by atoms with van der Waals surface area (Å²) in [5.41, 5.74) is -1.03. The van der Waals surface area contributed by atoms with Crippen LogP contribution in [0.1, 0.15) is 6.92 Å². The highest BCUT2D eigenvalue weighted by Gasteiger charge is 2.51. The minimum Gasteiger partial charge on any atom is -0.464 e. The number of alkyl halides is 2. The van der Waals surface area contributed by atoms with Gasteiger partial charge in [0.1, 0.15) is 12.5 Å². The Labute approximate surface area is 211 Å². The molecule has 0 spiro atoms. The van der Waals surface area contributed by atoms with Crippen LogP contribution in [0, 0.1) is 22.2 Å². The predicted molar refractivity (Wildman–Crippen MR) is 117 cm³/mol. The predicted octanol–water partition coefficient (Wildman–Crippen LogP) is 2.61. The van der Waals surface area contributed by atoms with Crippen molar-refractivity contribution in [3.63, 3.8) is 0 Å². The molecule has 1 N–H and O–H groups in total. The first-order chi connectivity index (χ1) is 15.9. The maximum Gasteiger partial charge on any atom is 0.474 e. The number of fused-ring (bicyclic) bond motifs is 6. The van der Waals surface area contributed by atoms with Gasteiger partial charge in [-0.2, -0.15) is 5.26 Å². The molecule has 4 bridgehead atoms. The van der Waals surface area contributed by atoms with Gasteiger partial charge in [-0.1, -0.05) is 0 Å². The van der Waals surface area contributed by atoms with E-state index in [0.29, 0.717) is 0 Å². The second-order valence-corrected chi connectivity index (χ2v) is 11.5. The van der Waals surface area contributed by atoms with E-state index in [-0.39, 0.29) is 64.6 Å². The number of esters is 1. The van der Waals surface area contributed by atoms with Crippen molar-refractivity contribution >= 4 is 61.7 Å². The molecule has 0 aromatic heterocycles. The SMILES string of the molecule is CC#N.O=C(CCl)OCC12COP(=O)(OC1)OC2.O=C(Cl)CCl.O=P12OCC(CO)(CO1)CO2. The van der Waals surface area contributed by atoms with E-state index in [4.69, 9.17) is 77.1 Å². The Morgan fingerprint density at radius 3 is 1.50 bits per heavy atom. The van der Waals surface area contributed by atoms with E-state index >= 15 is 0 Å². The van der Waals surface area contributed by atoms with E-state index in [1.54, 1.807) is 6.07 Å². The van der Waals surface area contributed by atoms with Gasteiger partial charge in [-0.05, 0) is 11.6 Å². The summed E-state index contributed by atoms with van der Waals surface area (Å²) in [6, 6.07) is 1.75. The lowest BCUT2D eigenvalue weighted by Gasteiger charge is -2.43.